The van der Waals surface area contributed by atoms with E-state index < -0.39 is 18.1 Å². The van der Waals surface area contributed by atoms with E-state index in [1.54, 1.807) is 0 Å². The average Bonchev–Trinajstić information content (AvgIpc) is 2.26. The molecule has 0 heterocycles. The lowest BCUT2D eigenvalue weighted by Crippen LogP contribution is -3.20. The number of carboxylic acids is 1. The van der Waals surface area contributed by atoms with Gasteiger partial charge < -0.3 is 20.1 Å². The monoisotopic (exact) mass is 244 g/mol. The second-order valence-electron chi connectivity index (χ2n) is 4.74. The summed E-state index contributed by atoms with van der Waals surface area (Å²) in [7, 11) is 0. The number of likely N-dealkylation sites (N-methyl/N-ethyl adjacent to an activating group) is 1. The van der Waals surface area contributed by atoms with Crippen LogP contribution in [0.2, 0.25) is 0 Å². The molecule has 0 bridgehead atoms. The minimum absolute atomic E-state index is 0.241. The first-order valence-electron chi connectivity index (χ1n) is 6.19. The standard InChI is InChI=1S/C12H24N2O3/c1-5-7-8-14(6-2)12(3,4)11(17)13-9-10(15)16/h5-9H2,1-4H3,(H,13,17)(H,15,16). The van der Waals surface area contributed by atoms with Crippen LogP contribution in [-0.4, -0.2) is 37.0 Å². The Kier molecular flexibility index (Phi) is 6.80. The Bertz CT molecular complexity index is 264. The summed E-state index contributed by atoms with van der Waals surface area (Å²) >= 11 is 0. The van der Waals surface area contributed by atoms with Gasteiger partial charge in [-0.15, -0.1) is 0 Å². The fourth-order valence-corrected chi connectivity index (χ4v) is 1.86. The first-order chi connectivity index (χ1) is 7.86. The van der Waals surface area contributed by atoms with Crippen molar-refractivity contribution in [3.8, 4) is 0 Å². The van der Waals surface area contributed by atoms with Gasteiger partial charge >= 0.3 is 0 Å². The minimum Gasteiger partial charge on any atom is -0.548 e. The lowest BCUT2D eigenvalue weighted by atomic mass is 10.0. The highest BCUT2D eigenvalue weighted by molar-refractivity contribution is 5.86. The van der Waals surface area contributed by atoms with Crippen LogP contribution in [0.3, 0.4) is 0 Å². The van der Waals surface area contributed by atoms with Gasteiger partial charge in [-0.1, -0.05) is 13.3 Å². The number of hydrogen-bond donors (Lipinski definition) is 2. The summed E-state index contributed by atoms with van der Waals surface area (Å²) < 4.78 is 0. The van der Waals surface area contributed by atoms with Gasteiger partial charge in [0.15, 0.2) is 5.54 Å². The Hall–Kier alpha value is -1.10. The van der Waals surface area contributed by atoms with Gasteiger partial charge in [-0.05, 0) is 27.2 Å². The van der Waals surface area contributed by atoms with Gasteiger partial charge in [0.1, 0.15) is 0 Å². The number of unbranched alkanes of at least 4 members (excludes halogenated alkanes) is 1. The molecule has 2 N–H and O–H groups in total. The maximum Gasteiger partial charge on any atom is 0.281 e. The second-order valence-corrected chi connectivity index (χ2v) is 4.74. The number of rotatable bonds is 8. The maximum absolute atomic E-state index is 11.9. The molecule has 0 rings (SSSR count). The van der Waals surface area contributed by atoms with Gasteiger partial charge in [0.05, 0.1) is 25.6 Å². The molecule has 0 aromatic rings. The van der Waals surface area contributed by atoms with E-state index in [1.165, 1.54) is 0 Å². The molecular formula is C12H24N2O3. The molecule has 100 valence electrons. The fraction of sp³-hybridized carbons (Fsp3) is 0.833. The lowest BCUT2D eigenvalue weighted by Gasteiger charge is -2.33. The van der Waals surface area contributed by atoms with E-state index in [2.05, 4.69) is 12.2 Å². The number of carbonyl (C=O) groups excluding carboxylic acids is 2. The molecule has 0 saturated carbocycles. The van der Waals surface area contributed by atoms with Crippen molar-refractivity contribution >= 4 is 11.9 Å². The van der Waals surface area contributed by atoms with Crippen molar-refractivity contribution < 1.29 is 19.6 Å². The van der Waals surface area contributed by atoms with Crippen LogP contribution in [0.5, 0.6) is 0 Å². The largest absolute Gasteiger partial charge is 0.548 e. The van der Waals surface area contributed by atoms with Gasteiger partial charge in [-0.25, -0.2) is 0 Å². The molecular weight excluding hydrogens is 220 g/mol. The number of quaternary nitrogens is 1. The van der Waals surface area contributed by atoms with E-state index in [-0.39, 0.29) is 5.91 Å². The van der Waals surface area contributed by atoms with Gasteiger partial charge in [0, 0.05) is 0 Å². The number of amides is 1. The van der Waals surface area contributed by atoms with Gasteiger partial charge in [0.2, 0.25) is 0 Å². The van der Waals surface area contributed by atoms with E-state index >= 15 is 0 Å². The molecule has 17 heavy (non-hydrogen) atoms. The summed E-state index contributed by atoms with van der Waals surface area (Å²) in [5.74, 6) is -1.50. The van der Waals surface area contributed by atoms with Crippen LogP contribution < -0.4 is 15.3 Å². The van der Waals surface area contributed by atoms with Crippen molar-refractivity contribution in [2.75, 3.05) is 19.6 Å². The van der Waals surface area contributed by atoms with Crippen molar-refractivity contribution in [1.29, 1.82) is 0 Å². The van der Waals surface area contributed by atoms with E-state index in [0.717, 1.165) is 30.8 Å². The molecule has 0 spiro atoms. The first kappa shape index (κ1) is 15.9. The summed E-state index contributed by atoms with van der Waals surface area (Å²) in [5, 5.41) is 12.7. The molecule has 0 aliphatic heterocycles. The zero-order valence-electron chi connectivity index (χ0n) is 11.3. The van der Waals surface area contributed by atoms with Crippen LogP contribution in [0.1, 0.15) is 40.5 Å². The summed E-state index contributed by atoms with van der Waals surface area (Å²) in [6, 6.07) is 0. The molecule has 0 aliphatic carbocycles. The molecule has 1 atom stereocenters. The van der Waals surface area contributed by atoms with E-state index in [1.807, 2.05) is 20.8 Å². The number of carboxylic acid groups (broad SMARTS) is 1. The molecule has 1 unspecified atom stereocenters. The summed E-state index contributed by atoms with van der Waals surface area (Å²) in [6.07, 6.45) is 2.14. The number of aliphatic carboxylic acids is 1. The van der Waals surface area contributed by atoms with E-state index in [0.29, 0.717) is 0 Å². The highest BCUT2D eigenvalue weighted by atomic mass is 16.4. The predicted octanol–water partition coefficient (Wildman–Crippen LogP) is -1.66. The van der Waals surface area contributed by atoms with Crippen LogP contribution in [0.4, 0.5) is 0 Å². The van der Waals surface area contributed by atoms with Gasteiger partial charge in [0.25, 0.3) is 5.91 Å². The third-order valence-electron chi connectivity index (χ3n) is 3.10. The lowest BCUT2D eigenvalue weighted by molar-refractivity contribution is -0.936. The zero-order valence-corrected chi connectivity index (χ0v) is 11.3. The average molecular weight is 244 g/mol. The predicted molar refractivity (Wildman–Crippen MR) is 63.4 cm³/mol. The molecule has 5 nitrogen and oxygen atoms in total. The fourth-order valence-electron chi connectivity index (χ4n) is 1.86. The Morgan fingerprint density at radius 2 is 1.88 bits per heavy atom. The van der Waals surface area contributed by atoms with Crippen LogP contribution in [0.15, 0.2) is 0 Å². The van der Waals surface area contributed by atoms with Crippen molar-refractivity contribution in [3.05, 3.63) is 0 Å². The van der Waals surface area contributed by atoms with Crippen molar-refractivity contribution in [2.45, 2.75) is 46.1 Å². The topological polar surface area (TPSA) is 73.7 Å². The normalized spacial score (nSPS) is 13.2. The summed E-state index contributed by atoms with van der Waals surface area (Å²) in [4.78, 5) is 23.4. The number of carbonyl (C=O) groups is 2. The molecule has 0 fully saturated rings. The molecule has 0 radical (unpaired) electrons. The van der Waals surface area contributed by atoms with Crippen LogP contribution in [0, 0.1) is 0 Å². The van der Waals surface area contributed by atoms with Gasteiger partial charge in [-0.2, -0.15) is 0 Å². The highest BCUT2D eigenvalue weighted by Gasteiger charge is 2.37. The van der Waals surface area contributed by atoms with E-state index in [9.17, 15) is 14.7 Å². The number of nitrogens with one attached hydrogen (secondary N) is 2. The number of hydrogen-bond acceptors (Lipinski definition) is 3. The van der Waals surface area contributed by atoms with Crippen molar-refractivity contribution in [2.24, 2.45) is 0 Å². The van der Waals surface area contributed by atoms with E-state index in [4.69, 9.17) is 0 Å². The minimum atomic E-state index is -1.26. The van der Waals surface area contributed by atoms with Crippen molar-refractivity contribution in [3.63, 3.8) is 0 Å². The smallest absolute Gasteiger partial charge is 0.281 e. The first-order valence-corrected chi connectivity index (χ1v) is 6.19. The molecule has 0 saturated heterocycles. The highest BCUT2D eigenvalue weighted by Crippen LogP contribution is 1.97. The molecule has 5 heteroatoms. The third kappa shape index (κ3) is 5.17. The Balaban J connectivity index is 4.47. The SMILES string of the molecule is CCCC[NH+](CC)C(C)(C)C(=O)NCC(=O)[O-]. The van der Waals surface area contributed by atoms with Crippen molar-refractivity contribution in [1.82, 2.24) is 5.32 Å². The summed E-state index contributed by atoms with van der Waals surface area (Å²) in [5.41, 5.74) is -0.612. The van der Waals surface area contributed by atoms with Crippen LogP contribution >= 0.6 is 0 Å². The van der Waals surface area contributed by atoms with Gasteiger partial charge in [-0.3, -0.25) is 4.79 Å². The second kappa shape index (κ2) is 7.27. The molecule has 0 aliphatic rings. The third-order valence-corrected chi connectivity index (χ3v) is 3.10. The molecule has 0 aromatic carbocycles. The zero-order chi connectivity index (χ0) is 13.5. The Morgan fingerprint density at radius 1 is 1.29 bits per heavy atom. The maximum atomic E-state index is 11.9. The summed E-state index contributed by atoms with van der Waals surface area (Å²) in [6.45, 7) is 9.14. The molecule has 0 aromatic heterocycles. The Morgan fingerprint density at radius 3 is 2.29 bits per heavy atom. The quantitative estimate of drug-likeness (QED) is 0.536. The molecule has 1 amide bonds. The Labute approximate surface area is 103 Å². The van der Waals surface area contributed by atoms with Crippen LogP contribution in [0.25, 0.3) is 0 Å². The van der Waals surface area contributed by atoms with Crippen LogP contribution in [-0.2, 0) is 9.59 Å².